The Bertz CT molecular complexity index is 835. The van der Waals surface area contributed by atoms with Crippen molar-refractivity contribution in [2.75, 3.05) is 13.1 Å². The Morgan fingerprint density at radius 3 is 2.58 bits per heavy atom. The van der Waals surface area contributed by atoms with Crippen molar-refractivity contribution < 1.29 is 14.7 Å². The van der Waals surface area contributed by atoms with Gasteiger partial charge in [-0.25, -0.2) is 4.98 Å². The molecule has 5 nitrogen and oxygen atoms in total. The van der Waals surface area contributed by atoms with Gasteiger partial charge in [0.25, 0.3) is 5.91 Å². The lowest BCUT2D eigenvalue weighted by Crippen LogP contribution is -2.40. The number of carbonyl (C=O) groups is 2. The van der Waals surface area contributed by atoms with Gasteiger partial charge >= 0.3 is 5.97 Å². The molecule has 6 heteroatoms. The Balaban J connectivity index is 1.37. The maximum Gasteiger partial charge on any atom is 0.307 e. The van der Waals surface area contributed by atoms with Gasteiger partial charge in [0.05, 0.1) is 10.9 Å². The van der Waals surface area contributed by atoms with Crippen molar-refractivity contribution in [1.82, 2.24) is 9.88 Å². The second-order valence-electron chi connectivity index (χ2n) is 7.54. The summed E-state index contributed by atoms with van der Waals surface area (Å²) < 4.78 is 0. The lowest BCUT2D eigenvalue weighted by Gasteiger charge is -2.32. The van der Waals surface area contributed by atoms with Crippen LogP contribution in [-0.4, -0.2) is 40.0 Å². The molecule has 1 aromatic heterocycles. The summed E-state index contributed by atoms with van der Waals surface area (Å²) in [6, 6.07) is 8.36. The number of hydrogen-bond donors (Lipinski definition) is 1. The van der Waals surface area contributed by atoms with Gasteiger partial charge in [-0.1, -0.05) is 29.8 Å². The van der Waals surface area contributed by atoms with Crippen LogP contribution in [0.25, 0.3) is 0 Å². The molecule has 1 aromatic carbocycles. The van der Waals surface area contributed by atoms with E-state index in [9.17, 15) is 14.7 Å². The van der Waals surface area contributed by atoms with Gasteiger partial charge in [0.2, 0.25) is 0 Å². The lowest BCUT2D eigenvalue weighted by molar-refractivity contribution is -0.139. The number of amides is 1. The molecule has 2 fully saturated rings. The molecule has 0 bridgehead atoms. The molecule has 1 amide bonds. The standard InChI is InChI=1S/C20H22N2O3S/c1-13-2-4-14(5-3-13)10-17-21-16(12-26-17)18(23)22-8-6-20(7-9-22)11-15(20)19(24)25/h2-5,12,15H,6-11H2,1H3,(H,24,25). The van der Waals surface area contributed by atoms with E-state index in [1.807, 2.05) is 10.3 Å². The quantitative estimate of drug-likeness (QED) is 0.896. The summed E-state index contributed by atoms with van der Waals surface area (Å²) in [5.74, 6) is -0.927. The maximum atomic E-state index is 12.7. The van der Waals surface area contributed by atoms with Gasteiger partial charge in [-0.3, -0.25) is 9.59 Å². The van der Waals surface area contributed by atoms with Gasteiger partial charge in [0.15, 0.2) is 0 Å². The van der Waals surface area contributed by atoms with Crippen molar-refractivity contribution >= 4 is 23.2 Å². The predicted molar refractivity (Wildman–Crippen MR) is 99.4 cm³/mol. The molecule has 1 saturated carbocycles. The number of carboxylic acid groups (broad SMARTS) is 1. The molecule has 136 valence electrons. The Kier molecular flexibility index (Phi) is 4.31. The van der Waals surface area contributed by atoms with Crippen LogP contribution in [0.4, 0.5) is 0 Å². The molecule has 1 unspecified atom stereocenters. The van der Waals surface area contributed by atoms with Crippen molar-refractivity contribution in [2.45, 2.75) is 32.6 Å². The Hall–Kier alpha value is -2.21. The maximum absolute atomic E-state index is 12.7. The minimum absolute atomic E-state index is 0.0289. The summed E-state index contributed by atoms with van der Waals surface area (Å²) in [6.07, 6.45) is 3.08. The summed E-state index contributed by atoms with van der Waals surface area (Å²) in [7, 11) is 0. The molecule has 1 N–H and O–H groups in total. The number of aliphatic carboxylic acids is 1. The molecule has 1 aliphatic heterocycles. The summed E-state index contributed by atoms with van der Waals surface area (Å²) in [5, 5.41) is 12.0. The van der Waals surface area contributed by atoms with Crippen LogP contribution < -0.4 is 0 Å². The monoisotopic (exact) mass is 370 g/mol. The molecule has 1 atom stereocenters. The average molecular weight is 370 g/mol. The van der Waals surface area contributed by atoms with Gasteiger partial charge in [-0.15, -0.1) is 11.3 Å². The Labute approximate surface area is 156 Å². The van der Waals surface area contributed by atoms with Crippen molar-refractivity contribution in [2.24, 2.45) is 11.3 Å². The zero-order chi connectivity index (χ0) is 18.3. The minimum Gasteiger partial charge on any atom is -0.481 e. The van der Waals surface area contributed by atoms with E-state index in [2.05, 4.69) is 36.2 Å². The summed E-state index contributed by atoms with van der Waals surface area (Å²) in [4.78, 5) is 30.2. The van der Waals surface area contributed by atoms with Crippen LogP contribution in [0.5, 0.6) is 0 Å². The minimum atomic E-state index is -0.690. The van der Waals surface area contributed by atoms with Crippen LogP contribution >= 0.6 is 11.3 Å². The number of piperidine rings is 1. The summed E-state index contributed by atoms with van der Waals surface area (Å²) in [6.45, 7) is 3.33. The average Bonchev–Trinajstić information content (AvgIpc) is 3.13. The first-order chi connectivity index (χ1) is 12.5. The highest BCUT2D eigenvalue weighted by Gasteiger charge is 2.59. The number of nitrogens with zero attached hydrogens (tertiary/aromatic N) is 2. The first kappa shape index (κ1) is 17.2. The number of carboxylic acids is 1. The Morgan fingerprint density at radius 2 is 1.96 bits per heavy atom. The zero-order valence-electron chi connectivity index (χ0n) is 14.8. The van der Waals surface area contributed by atoms with E-state index in [4.69, 9.17) is 0 Å². The van der Waals surface area contributed by atoms with E-state index >= 15 is 0 Å². The van der Waals surface area contributed by atoms with E-state index in [1.54, 1.807) is 0 Å². The third-order valence-corrected chi connectivity index (χ3v) is 6.63. The van der Waals surface area contributed by atoms with Crippen molar-refractivity contribution in [1.29, 1.82) is 0 Å². The number of likely N-dealkylation sites (tertiary alicyclic amines) is 1. The number of aryl methyl sites for hydroxylation is 1. The molecule has 1 aliphatic carbocycles. The number of aromatic nitrogens is 1. The molecular formula is C20H22N2O3S. The van der Waals surface area contributed by atoms with Gasteiger partial charge in [0.1, 0.15) is 5.69 Å². The van der Waals surface area contributed by atoms with Crippen LogP contribution in [0, 0.1) is 18.3 Å². The van der Waals surface area contributed by atoms with Crippen LogP contribution in [0.2, 0.25) is 0 Å². The largest absolute Gasteiger partial charge is 0.481 e. The summed E-state index contributed by atoms with van der Waals surface area (Å²) >= 11 is 1.52. The van der Waals surface area contributed by atoms with Gasteiger partial charge in [-0.05, 0) is 37.2 Å². The highest BCUT2D eigenvalue weighted by Crippen LogP contribution is 2.59. The second kappa shape index (κ2) is 6.50. The highest BCUT2D eigenvalue weighted by atomic mass is 32.1. The SMILES string of the molecule is Cc1ccc(Cc2nc(C(=O)N3CCC4(CC3)CC4C(=O)O)cs2)cc1. The fourth-order valence-electron chi connectivity index (χ4n) is 3.94. The normalized spacial score (nSPS) is 21.0. The molecule has 2 aliphatic rings. The van der Waals surface area contributed by atoms with Gasteiger partial charge in [0, 0.05) is 24.9 Å². The molecule has 2 heterocycles. The van der Waals surface area contributed by atoms with Crippen molar-refractivity contribution in [3.63, 3.8) is 0 Å². The smallest absolute Gasteiger partial charge is 0.307 e. The van der Waals surface area contributed by atoms with E-state index < -0.39 is 5.97 Å². The van der Waals surface area contributed by atoms with Crippen molar-refractivity contribution in [3.8, 4) is 0 Å². The fourth-order valence-corrected chi connectivity index (χ4v) is 4.74. The molecule has 2 aromatic rings. The first-order valence-corrected chi connectivity index (χ1v) is 9.87. The van der Waals surface area contributed by atoms with E-state index in [-0.39, 0.29) is 17.2 Å². The third-order valence-electron chi connectivity index (χ3n) is 5.78. The molecule has 26 heavy (non-hydrogen) atoms. The number of benzene rings is 1. The number of hydrogen-bond acceptors (Lipinski definition) is 4. The second-order valence-corrected chi connectivity index (χ2v) is 8.48. The highest BCUT2D eigenvalue weighted by molar-refractivity contribution is 7.09. The number of thiazole rings is 1. The number of rotatable bonds is 4. The van der Waals surface area contributed by atoms with Crippen molar-refractivity contribution in [3.05, 3.63) is 51.5 Å². The predicted octanol–water partition coefficient (Wildman–Crippen LogP) is 3.37. The first-order valence-electron chi connectivity index (χ1n) is 8.99. The van der Waals surface area contributed by atoms with E-state index in [0.717, 1.165) is 30.7 Å². The van der Waals surface area contributed by atoms with E-state index in [1.165, 1.54) is 22.5 Å². The van der Waals surface area contributed by atoms with Gasteiger partial charge < -0.3 is 10.0 Å². The van der Waals surface area contributed by atoms with Crippen LogP contribution in [0.15, 0.2) is 29.6 Å². The molecule has 1 saturated heterocycles. The van der Waals surface area contributed by atoms with Gasteiger partial charge in [-0.2, -0.15) is 0 Å². The van der Waals surface area contributed by atoms with Crippen LogP contribution in [0.3, 0.4) is 0 Å². The fraction of sp³-hybridized carbons (Fsp3) is 0.450. The molecule has 0 radical (unpaired) electrons. The third kappa shape index (κ3) is 3.26. The van der Waals surface area contributed by atoms with Crippen LogP contribution in [-0.2, 0) is 11.2 Å². The summed E-state index contributed by atoms with van der Waals surface area (Å²) in [5.41, 5.74) is 2.88. The molecule has 4 rings (SSSR count). The molecular weight excluding hydrogens is 348 g/mol. The number of carbonyl (C=O) groups excluding carboxylic acids is 1. The Morgan fingerprint density at radius 1 is 1.27 bits per heavy atom. The zero-order valence-corrected chi connectivity index (χ0v) is 15.6. The van der Waals surface area contributed by atoms with Crippen LogP contribution in [0.1, 0.15) is 45.9 Å². The van der Waals surface area contributed by atoms with E-state index in [0.29, 0.717) is 18.8 Å². The topological polar surface area (TPSA) is 70.5 Å². The molecule has 1 spiro atoms. The lowest BCUT2D eigenvalue weighted by atomic mass is 9.90.